The first-order valence-corrected chi connectivity index (χ1v) is 14.9. The van der Waals surface area contributed by atoms with E-state index in [9.17, 15) is 14.4 Å². The van der Waals surface area contributed by atoms with E-state index in [4.69, 9.17) is 5.73 Å². The monoisotopic (exact) mass is 522 g/mol. The summed E-state index contributed by atoms with van der Waals surface area (Å²) in [7, 11) is 0. The molecule has 1 saturated heterocycles. The van der Waals surface area contributed by atoms with E-state index in [1.807, 2.05) is 49.1 Å². The van der Waals surface area contributed by atoms with E-state index >= 15 is 0 Å². The fourth-order valence-electron chi connectivity index (χ4n) is 8.22. The molecule has 1 aromatic carbocycles. The third kappa shape index (κ3) is 5.84. The molecule has 0 unspecified atom stereocenters. The van der Waals surface area contributed by atoms with Crippen molar-refractivity contribution in [1.29, 1.82) is 0 Å². The summed E-state index contributed by atoms with van der Waals surface area (Å²) in [6, 6.07) is 8.38. The Labute approximate surface area is 227 Å². The number of amides is 3. The van der Waals surface area contributed by atoms with Gasteiger partial charge in [-0.25, -0.2) is 0 Å². The lowest BCUT2D eigenvalue weighted by molar-refractivity contribution is -0.150. The number of hydrogen-bond acceptors (Lipinski definition) is 5. The maximum absolute atomic E-state index is 13.9. The molecular formula is C31H46N4O3. The molecule has 6 rings (SSSR count). The van der Waals surface area contributed by atoms with Gasteiger partial charge >= 0.3 is 0 Å². The van der Waals surface area contributed by atoms with Crippen molar-refractivity contribution in [2.45, 2.75) is 90.3 Å². The zero-order chi connectivity index (χ0) is 26.9. The fraction of sp³-hybridized carbons (Fsp3) is 0.710. The summed E-state index contributed by atoms with van der Waals surface area (Å²) in [6.07, 6.45) is 10.2. The Morgan fingerprint density at radius 3 is 2.32 bits per heavy atom. The van der Waals surface area contributed by atoms with Gasteiger partial charge in [0, 0.05) is 6.54 Å². The number of nitrogens with two attached hydrogens (primary N) is 1. The average molecular weight is 523 g/mol. The van der Waals surface area contributed by atoms with Crippen molar-refractivity contribution in [1.82, 2.24) is 15.1 Å². The molecular weight excluding hydrogens is 476 g/mol. The Kier molecular flexibility index (Phi) is 8.25. The molecule has 3 N–H and O–H groups in total. The van der Waals surface area contributed by atoms with Gasteiger partial charge in [0.05, 0.1) is 25.2 Å². The molecule has 208 valence electrons. The van der Waals surface area contributed by atoms with Gasteiger partial charge in [0.1, 0.15) is 0 Å². The molecule has 4 bridgehead atoms. The van der Waals surface area contributed by atoms with Crippen LogP contribution in [0.2, 0.25) is 0 Å². The lowest BCUT2D eigenvalue weighted by Gasteiger charge is -2.56. The van der Waals surface area contributed by atoms with E-state index in [1.165, 1.54) is 43.4 Å². The quantitative estimate of drug-likeness (QED) is 0.488. The van der Waals surface area contributed by atoms with Gasteiger partial charge in [-0.1, -0.05) is 50.6 Å². The van der Waals surface area contributed by atoms with Crippen LogP contribution in [0.4, 0.5) is 0 Å². The summed E-state index contributed by atoms with van der Waals surface area (Å²) < 4.78 is 0. The number of benzene rings is 1. The number of carbonyl (C=O) groups excluding carboxylic acids is 3. The lowest BCUT2D eigenvalue weighted by Crippen LogP contribution is -2.55. The fourth-order valence-corrected chi connectivity index (χ4v) is 8.22. The second-order valence-corrected chi connectivity index (χ2v) is 13.0. The molecule has 3 atom stereocenters. The Balaban J connectivity index is 1.23. The minimum Gasteiger partial charge on any atom is -0.354 e. The third-order valence-electron chi connectivity index (χ3n) is 10.1. The number of hydrogen-bond donors (Lipinski definition) is 2. The largest absolute Gasteiger partial charge is 0.354 e. The van der Waals surface area contributed by atoms with Crippen molar-refractivity contribution in [3.63, 3.8) is 0 Å². The summed E-state index contributed by atoms with van der Waals surface area (Å²) in [5.74, 6) is 1.98. The zero-order valence-electron chi connectivity index (χ0n) is 23.2. The van der Waals surface area contributed by atoms with Crippen molar-refractivity contribution in [2.75, 3.05) is 19.6 Å². The van der Waals surface area contributed by atoms with Crippen LogP contribution in [0, 0.1) is 29.1 Å². The van der Waals surface area contributed by atoms with Crippen LogP contribution in [0.15, 0.2) is 30.3 Å². The van der Waals surface area contributed by atoms with Crippen molar-refractivity contribution >= 4 is 17.7 Å². The van der Waals surface area contributed by atoms with Crippen LogP contribution < -0.4 is 11.1 Å². The van der Waals surface area contributed by atoms with Crippen molar-refractivity contribution in [3.8, 4) is 0 Å². The van der Waals surface area contributed by atoms with Gasteiger partial charge in [-0.15, -0.1) is 0 Å². The van der Waals surface area contributed by atoms with Gasteiger partial charge in [0.15, 0.2) is 0 Å². The summed E-state index contributed by atoms with van der Waals surface area (Å²) in [4.78, 5) is 43.8. The van der Waals surface area contributed by atoms with Crippen LogP contribution in [-0.2, 0) is 20.9 Å². The first-order chi connectivity index (χ1) is 18.3. The predicted octanol–water partition coefficient (Wildman–Crippen LogP) is 3.71. The standard InChI is InChI=1S/C31H46N4O3/c1-3-21(2)28(32)30(38)35(18-22-8-5-4-6-9-22)29(37)26-10-7-11-34(26)19-27(36)33-20-31-15-23-12-24(16-31)14-25(13-23)17-31/h4-6,8-9,21,23-26,28H,3,7,10-20,32H2,1-2H3,(H,33,36)/t21-,23?,24?,25?,26-,28-,31?/m0/s1. The molecule has 7 nitrogen and oxygen atoms in total. The molecule has 38 heavy (non-hydrogen) atoms. The van der Waals surface area contributed by atoms with Crippen LogP contribution in [-0.4, -0.2) is 59.2 Å². The van der Waals surface area contributed by atoms with Crippen molar-refractivity contribution in [2.24, 2.45) is 34.8 Å². The van der Waals surface area contributed by atoms with Crippen LogP contribution in [0.1, 0.15) is 77.2 Å². The number of likely N-dealkylation sites (tertiary alicyclic amines) is 1. The molecule has 5 aliphatic rings. The van der Waals surface area contributed by atoms with E-state index in [1.54, 1.807) is 0 Å². The number of carbonyl (C=O) groups is 3. The van der Waals surface area contributed by atoms with Gasteiger partial charge in [-0.2, -0.15) is 0 Å². The maximum Gasteiger partial charge on any atom is 0.246 e. The van der Waals surface area contributed by atoms with Crippen LogP contribution in [0.5, 0.6) is 0 Å². The third-order valence-corrected chi connectivity index (χ3v) is 10.1. The minimum atomic E-state index is -0.730. The Morgan fingerprint density at radius 1 is 1.08 bits per heavy atom. The van der Waals surface area contributed by atoms with E-state index in [0.717, 1.165) is 42.7 Å². The highest BCUT2D eigenvalue weighted by molar-refractivity contribution is 6.00. The summed E-state index contributed by atoms with van der Waals surface area (Å²) in [6.45, 7) is 5.81. The molecule has 4 aliphatic carbocycles. The molecule has 4 saturated carbocycles. The van der Waals surface area contributed by atoms with Crippen LogP contribution >= 0.6 is 0 Å². The topological polar surface area (TPSA) is 95.7 Å². The molecule has 0 spiro atoms. The first-order valence-electron chi connectivity index (χ1n) is 14.9. The first kappa shape index (κ1) is 27.3. The van der Waals surface area contributed by atoms with Crippen LogP contribution in [0.25, 0.3) is 0 Å². The average Bonchev–Trinajstić information content (AvgIpc) is 3.37. The van der Waals surface area contributed by atoms with Gasteiger partial charge in [-0.05, 0) is 92.6 Å². The predicted molar refractivity (Wildman–Crippen MR) is 148 cm³/mol. The number of nitrogens with one attached hydrogen (secondary N) is 1. The molecule has 3 amide bonds. The molecule has 0 aromatic heterocycles. The molecule has 7 heteroatoms. The summed E-state index contributed by atoms with van der Waals surface area (Å²) >= 11 is 0. The van der Waals surface area contributed by atoms with Gasteiger partial charge in [-0.3, -0.25) is 24.2 Å². The Hall–Kier alpha value is -2.25. The maximum atomic E-state index is 13.9. The molecule has 1 aliphatic heterocycles. The molecule has 5 fully saturated rings. The highest BCUT2D eigenvalue weighted by Gasteiger charge is 2.51. The normalized spacial score (nSPS) is 31.7. The van der Waals surface area contributed by atoms with Crippen molar-refractivity contribution < 1.29 is 14.4 Å². The van der Waals surface area contributed by atoms with Gasteiger partial charge in [0.2, 0.25) is 17.7 Å². The number of imide groups is 1. The second-order valence-electron chi connectivity index (χ2n) is 13.0. The zero-order valence-corrected chi connectivity index (χ0v) is 23.2. The van der Waals surface area contributed by atoms with E-state index < -0.39 is 12.1 Å². The lowest BCUT2D eigenvalue weighted by atomic mass is 9.49. The highest BCUT2D eigenvalue weighted by Crippen LogP contribution is 2.59. The van der Waals surface area contributed by atoms with Crippen molar-refractivity contribution in [3.05, 3.63) is 35.9 Å². The Morgan fingerprint density at radius 2 is 1.71 bits per heavy atom. The van der Waals surface area contributed by atoms with E-state index in [-0.39, 0.29) is 42.1 Å². The molecule has 0 radical (unpaired) electrons. The summed E-state index contributed by atoms with van der Waals surface area (Å²) in [5, 5.41) is 3.27. The molecule has 1 aromatic rings. The minimum absolute atomic E-state index is 0.00214. The number of rotatable bonds is 10. The highest BCUT2D eigenvalue weighted by atomic mass is 16.2. The van der Waals surface area contributed by atoms with Crippen LogP contribution in [0.3, 0.4) is 0 Å². The van der Waals surface area contributed by atoms with E-state index in [2.05, 4.69) is 5.32 Å². The Bertz CT molecular complexity index is 976. The SMILES string of the molecule is CC[C@H](C)[C@H](N)C(=O)N(Cc1ccccc1)C(=O)[C@@H]1CCCN1CC(=O)NCC12CC3CC(CC(C3)C1)C2. The van der Waals surface area contributed by atoms with Gasteiger partial charge < -0.3 is 11.1 Å². The summed E-state index contributed by atoms with van der Waals surface area (Å²) in [5.41, 5.74) is 7.50. The van der Waals surface area contributed by atoms with Gasteiger partial charge in [0.25, 0.3) is 0 Å². The second kappa shape index (κ2) is 11.5. The number of nitrogens with zero attached hydrogens (tertiary/aromatic N) is 2. The smallest absolute Gasteiger partial charge is 0.246 e. The van der Waals surface area contributed by atoms with E-state index in [0.29, 0.717) is 13.0 Å². The molecule has 1 heterocycles.